The van der Waals surface area contributed by atoms with Gasteiger partial charge in [-0.1, -0.05) is 6.08 Å². The Balaban J connectivity index is 3.78. The number of alkyl halides is 6. The third kappa shape index (κ3) is 3.07. The molecule has 1 heterocycles. The molecule has 120 valence electrons. The standard InChI is InChI=1S/C8H5F6NO4S2/c9-7(10,11)20(16,17)5-3-1-2-4-15-6(5)21(18,19)8(12,13)14/h1-4,15H. The molecular formula is C8H5F6NO4S2. The van der Waals surface area contributed by atoms with Gasteiger partial charge in [-0.25, -0.2) is 16.8 Å². The molecule has 0 aromatic rings. The second-order valence-corrected chi connectivity index (χ2v) is 7.24. The van der Waals surface area contributed by atoms with Crippen LogP contribution in [0.4, 0.5) is 26.3 Å². The van der Waals surface area contributed by atoms with Gasteiger partial charge in [-0.3, -0.25) is 0 Å². The third-order valence-electron chi connectivity index (χ3n) is 2.06. The molecule has 0 amide bonds. The van der Waals surface area contributed by atoms with Crippen molar-refractivity contribution in [3.8, 4) is 0 Å². The monoisotopic (exact) mass is 357 g/mol. The van der Waals surface area contributed by atoms with Crippen molar-refractivity contribution in [2.75, 3.05) is 0 Å². The molecular weight excluding hydrogens is 352 g/mol. The van der Waals surface area contributed by atoms with E-state index in [0.717, 1.165) is 6.08 Å². The van der Waals surface area contributed by atoms with Gasteiger partial charge in [0.2, 0.25) is 0 Å². The zero-order chi connectivity index (χ0) is 16.7. The molecule has 0 spiro atoms. The largest absolute Gasteiger partial charge is 0.503 e. The first kappa shape index (κ1) is 17.6. The normalized spacial score (nSPS) is 17.6. The second kappa shape index (κ2) is 5.05. The van der Waals surface area contributed by atoms with E-state index in [0.29, 0.717) is 12.3 Å². The highest BCUT2D eigenvalue weighted by molar-refractivity contribution is 7.99. The Bertz CT molecular complexity index is 724. The van der Waals surface area contributed by atoms with Gasteiger partial charge in [0, 0.05) is 6.20 Å². The molecule has 1 N–H and O–H groups in total. The lowest BCUT2D eigenvalue weighted by Crippen LogP contribution is -2.34. The highest BCUT2D eigenvalue weighted by atomic mass is 32.2. The van der Waals surface area contributed by atoms with Gasteiger partial charge in [0.25, 0.3) is 19.7 Å². The molecule has 0 atom stereocenters. The number of hydrogen-bond acceptors (Lipinski definition) is 5. The molecule has 0 unspecified atom stereocenters. The summed E-state index contributed by atoms with van der Waals surface area (Å²) in [5, 5.41) is -0.707. The SMILES string of the molecule is O=S(=O)(C1=C(S(=O)(=O)C(F)(F)F)NC=CC=C1)C(F)(F)F. The van der Waals surface area contributed by atoms with Crippen molar-refractivity contribution in [2.24, 2.45) is 0 Å². The van der Waals surface area contributed by atoms with Gasteiger partial charge < -0.3 is 5.32 Å². The average Bonchev–Trinajstić information content (AvgIpc) is 2.51. The summed E-state index contributed by atoms with van der Waals surface area (Å²) < 4.78 is 119. The Hall–Kier alpha value is -1.50. The lowest BCUT2D eigenvalue weighted by molar-refractivity contribution is -0.0439. The predicted molar refractivity (Wildman–Crippen MR) is 58.4 cm³/mol. The molecule has 0 aromatic heterocycles. The summed E-state index contributed by atoms with van der Waals surface area (Å²) in [6.45, 7) is 0. The van der Waals surface area contributed by atoms with E-state index in [9.17, 15) is 43.2 Å². The molecule has 0 saturated heterocycles. The van der Waals surface area contributed by atoms with E-state index in [1.807, 2.05) is 0 Å². The Kier molecular flexibility index (Phi) is 4.22. The fraction of sp³-hybridized carbons (Fsp3) is 0.250. The maximum atomic E-state index is 12.4. The summed E-state index contributed by atoms with van der Waals surface area (Å²) in [5.41, 5.74) is -11.9. The van der Waals surface area contributed by atoms with Crippen molar-refractivity contribution >= 4 is 19.7 Å². The van der Waals surface area contributed by atoms with E-state index in [2.05, 4.69) is 0 Å². The molecule has 0 fully saturated rings. The van der Waals surface area contributed by atoms with Gasteiger partial charge in [0.15, 0.2) is 5.03 Å². The van der Waals surface area contributed by atoms with Crippen LogP contribution in [0.15, 0.2) is 34.4 Å². The van der Waals surface area contributed by atoms with Crippen molar-refractivity contribution < 1.29 is 43.2 Å². The summed E-state index contributed by atoms with van der Waals surface area (Å²) >= 11 is 0. The van der Waals surface area contributed by atoms with E-state index in [4.69, 9.17) is 0 Å². The maximum Gasteiger partial charge on any atom is 0.503 e. The van der Waals surface area contributed by atoms with E-state index >= 15 is 0 Å². The fourth-order valence-electron chi connectivity index (χ4n) is 1.13. The summed E-state index contributed by atoms with van der Waals surface area (Å²) in [4.78, 5) is -2.04. The number of sulfone groups is 2. The predicted octanol–water partition coefficient (Wildman–Crippen LogP) is 1.70. The van der Waals surface area contributed by atoms with Gasteiger partial charge in [-0.05, 0) is 12.2 Å². The van der Waals surface area contributed by atoms with Crippen molar-refractivity contribution in [2.45, 2.75) is 11.0 Å². The minimum atomic E-state index is -6.33. The van der Waals surface area contributed by atoms with Crippen molar-refractivity contribution in [3.63, 3.8) is 0 Å². The minimum Gasteiger partial charge on any atom is -0.351 e. The highest BCUT2D eigenvalue weighted by Gasteiger charge is 2.54. The van der Waals surface area contributed by atoms with Crippen LogP contribution in [0.3, 0.4) is 0 Å². The molecule has 5 nitrogen and oxygen atoms in total. The van der Waals surface area contributed by atoms with Crippen LogP contribution in [0, 0.1) is 0 Å². The topological polar surface area (TPSA) is 80.3 Å². The zero-order valence-electron chi connectivity index (χ0n) is 9.53. The van der Waals surface area contributed by atoms with Crippen molar-refractivity contribution in [1.29, 1.82) is 0 Å². The molecule has 0 saturated carbocycles. The van der Waals surface area contributed by atoms with Crippen LogP contribution in [0.1, 0.15) is 0 Å². The van der Waals surface area contributed by atoms with Crippen molar-refractivity contribution in [1.82, 2.24) is 5.32 Å². The first-order valence-corrected chi connectivity index (χ1v) is 7.66. The van der Waals surface area contributed by atoms with Gasteiger partial charge >= 0.3 is 11.0 Å². The molecule has 0 aliphatic carbocycles. The smallest absolute Gasteiger partial charge is 0.351 e. The fourth-order valence-corrected chi connectivity index (χ4v) is 3.39. The molecule has 21 heavy (non-hydrogen) atoms. The minimum absolute atomic E-state index is 0.109. The van der Waals surface area contributed by atoms with E-state index < -0.39 is 40.6 Å². The van der Waals surface area contributed by atoms with Crippen LogP contribution < -0.4 is 5.32 Å². The first-order chi connectivity index (χ1) is 9.23. The summed E-state index contributed by atoms with van der Waals surface area (Å²) in [5.74, 6) is 0. The quantitative estimate of drug-likeness (QED) is 0.761. The number of nitrogens with one attached hydrogen (secondary N) is 1. The first-order valence-electron chi connectivity index (χ1n) is 4.69. The van der Waals surface area contributed by atoms with Gasteiger partial charge in [0.1, 0.15) is 4.91 Å². The Morgan fingerprint density at radius 2 is 1.29 bits per heavy atom. The molecule has 1 aliphatic heterocycles. The Morgan fingerprint density at radius 1 is 0.810 bits per heavy atom. The van der Waals surface area contributed by atoms with E-state index in [-0.39, 0.29) is 6.08 Å². The summed E-state index contributed by atoms with van der Waals surface area (Å²) in [6.07, 6.45) is 2.13. The van der Waals surface area contributed by atoms with Gasteiger partial charge in [-0.15, -0.1) is 0 Å². The third-order valence-corrected chi connectivity index (χ3v) is 5.20. The highest BCUT2D eigenvalue weighted by Crippen LogP contribution is 2.37. The molecule has 0 aromatic carbocycles. The number of allylic oxidation sites excluding steroid dienone is 3. The maximum absolute atomic E-state index is 12.4. The lowest BCUT2D eigenvalue weighted by Gasteiger charge is -2.16. The van der Waals surface area contributed by atoms with Crippen LogP contribution in [-0.4, -0.2) is 27.9 Å². The summed E-state index contributed by atoms with van der Waals surface area (Å²) in [7, 11) is -12.6. The van der Waals surface area contributed by atoms with Crippen LogP contribution in [-0.2, 0) is 19.7 Å². The second-order valence-electron chi connectivity index (χ2n) is 3.45. The number of rotatable bonds is 2. The molecule has 0 bridgehead atoms. The van der Waals surface area contributed by atoms with Crippen LogP contribution in [0.2, 0.25) is 0 Å². The van der Waals surface area contributed by atoms with Crippen LogP contribution in [0.5, 0.6) is 0 Å². The summed E-state index contributed by atoms with van der Waals surface area (Å²) in [6, 6.07) is 0. The Labute approximate surface area is 114 Å². The molecule has 1 aliphatic rings. The van der Waals surface area contributed by atoms with Gasteiger partial charge in [-0.2, -0.15) is 26.3 Å². The lowest BCUT2D eigenvalue weighted by atomic mass is 10.5. The zero-order valence-corrected chi connectivity index (χ0v) is 11.2. The Morgan fingerprint density at radius 3 is 1.71 bits per heavy atom. The number of hydrogen-bond donors (Lipinski definition) is 1. The molecule has 13 heteroatoms. The van der Waals surface area contributed by atoms with Crippen molar-refractivity contribution in [3.05, 3.63) is 34.4 Å². The van der Waals surface area contributed by atoms with Crippen LogP contribution >= 0.6 is 0 Å². The van der Waals surface area contributed by atoms with Crippen LogP contribution in [0.25, 0.3) is 0 Å². The van der Waals surface area contributed by atoms with E-state index in [1.165, 1.54) is 5.32 Å². The average molecular weight is 357 g/mol. The molecule has 0 radical (unpaired) electrons. The number of halogens is 6. The van der Waals surface area contributed by atoms with E-state index in [1.54, 1.807) is 0 Å². The molecule has 1 rings (SSSR count). The van der Waals surface area contributed by atoms with Gasteiger partial charge in [0.05, 0.1) is 0 Å².